The number of nitrogens with two attached hydrogens (primary N) is 1. The van der Waals surface area contributed by atoms with E-state index in [1.165, 1.54) is 5.56 Å². The minimum absolute atomic E-state index is 0.0194. The molecule has 0 aliphatic heterocycles. The highest BCUT2D eigenvalue weighted by Gasteiger charge is 2.12. The van der Waals surface area contributed by atoms with E-state index in [4.69, 9.17) is 10.8 Å². The molecule has 4 heteroatoms. The van der Waals surface area contributed by atoms with Crippen LogP contribution in [0, 0.1) is 0 Å². The van der Waals surface area contributed by atoms with Crippen molar-refractivity contribution in [1.82, 2.24) is 4.90 Å². The maximum absolute atomic E-state index is 11.1. The lowest BCUT2D eigenvalue weighted by atomic mass is 9.99. The lowest BCUT2D eigenvalue weighted by Crippen LogP contribution is -2.27. The van der Waals surface area contributed by atoms with Crippen LogP contribution in [-0.2, 0) is 24.2 Å². The van der Waals surface area contributed by atoms with Gasteiger partial charge in [-0.05, 0) is 42.1 Å². The maximum atomic E-state index is 11.1. The first-order valence-electron chi connectivity index (χ1n) is 8.44. The summed E-state index contributed by atoms with van der Waals surface area (Å²) >= 11 is 0. The zero-order chi connectivity index (χ0) is 17.4. The van der Waals surface area contributed by atoms with E-state index in [-0.39, 0.29) is 6.42 Å². The molecule has 0 amide bonds. The van der Waals surface area contributed by atoms with Crippen molar-refractivity contribution in [3.8, 4) is 0 Å². The highest BCUT2D eigenvalue weighted by atomic mass is 16.4. The van der Waals surface area contributed by atoms with E-state index < -0.39 is 5.97 Å². The molecular weight excluding hydrogens is 300 g/mol. The fourth-order valence-corrected chi connectivity index (χ4v) is 2.96. The fraction of sp³-hybridized carbons (Fsp3) is 0.350. The third kappa shape index (κ3) is 5.39. The monoisotopic (exact) mass is 326 g/mol. The van der Waals surface area contributed by atoms with Crippen molar-refractivity contribution < 1.29 is 9.90 Å². The van der Waals surface area contributed by atoms with E-state index in [1.807, 2.05) is 18.2 Å². The Bertz CT molecular complexity index is 656. The molecule has 0 atom stereocenters. The van der Waals surface area contributed by atoms with Crippen molar-refractivity contribution in [3.63, 3.8) is 0 Å². The van der Waals surface area contributed by atoms with Crippen LogP contribution in [0.4, 0.5) is 5.69 Å². The largest absolute Gasteiger partial charge is 0.481 e. The topological polar surface area (TPSA) is 66.6 Å². The zero-order valence-electron chi connectivity index (χ0n) is 14.2. The molecule has 0 bridgehead atoms. The van der Waals surface area contributed by atoms with Crippen LogP contribution in [0.3, 0.4) is 0 Å². The summed E-state index contributed by atoms with van der Waals surface area (Å²) in [5.41, 5.74) is 9.63. The van der Waals surface area contributed by atoms with Gasteiger partial charge in [-0.3, -0.25) is 9.69 Å². The normalized spacial score (nSPS) is 10.9. The molecule has 2 rings (SSSR count). The van der Waals surface area contributed by atoms with Crippen LogP contribution in [0.25, 0.3) is 0 Å². The SMILES string of the molecule is CCCN(CCc1cccc(N)c1CC(=O)O)Cc1ccccc1. The standard InChI is InChI=1S/C20H26N2O2/c1-2-12-22(15-16-7-4-3-5-8-16)13-11-17-9-6-10-19(21)18(17)14-20(23)24/h3-10H,2,11-15,21H2,1H3,(H,23,24). The van der Waals surface area contributed by atoms with Crippen molar-refractivity contribution in [1.29, 1.82) is 0 Å². The molecule has 0 spiro atoms. The second-order valence-corrected chi connectivity index (χ2v) is 6.07. The number of nitrogen functional groups attached to an aromatic ring is 1. The molecule has 2 aromatic carbocycles. The molecule has 128 valence electrons. The van der Waals surface area contributed by atoms with Crippen molar-refractivity contribution in [2.45, 2.75) is 32.7 Å². The Balaban J connectivity index is 2.06. The first kappa shape index (κ1) is 18.0. The molecule has 0 fully saturated rings. The molecule has 0 aliphatic rings. The molecule has 4 nitrogen and oxygen atoms in total. The Labute approximate surface area is 143 Å². The van der Waals surface area contributed by atoms with Crippen molar-refractivity contribution in [2.75, 3.05) is 18.8 Å². The number of carboxylic acids is 1. The van der Waals surface area contributed by atoms with Gasteiger partial charge in [-0.25, -0.2) is 0 Å². The molecule has 3 N–H and O–H groups in total. The Morgan fingerprint density at radius 2 is 1.83 bits per heavy atom. The minimum atomic E-state index is -0.844. The number of benzene rings is 2. The van der Waals surface area contributed by atoms with Gasteiger partial charge in [0.25, 0.3) is 0 Å². The molecule has 0 aliphatic carbocycles. The van der Waals surface area contributed by atoms with Crippen molar-refractivity contribution >= 4 is 11.7 Å². The van der Waals surface area contributed by atoms with Crippen LogP contribution in [0.1, 0.15) is 30.0 Å². The summed E-state index contributed by atoms with van der Waals surface area (Å²) in [6.07, 6.45) is 1.88. The number of nitrogens with zero attached hydrogens (tertiary/aromatic N) is 1. The number of hydrogen-bond donors (Lipinski definition) is 2. The summed E-state index contributed by atoms with van der Waals surface area (Å²) in [7, 11) is 0. The summed E-state index contributed by atoms with van der Waals surface area (Å²) in [4.78, 5) is 13.5. The molecule has 0 saturated carbocycles. The summed E-state index contributed by atoms with van der Waals surface area (Å²) in [6.45, 7) is 4.99. The number of anilines is 1. The van der Waals surface area contributed by atoms with Crippen LogP contribution in [-0.4, -0.2) is 29.1 Å². The third-order valence-electron chi connectivity index (χ3n) is 4.12. The molecule has 0 saturated heterocycles. The van der Waals surface area contributed by atoms with Gasteiger partial charge in [-0.1, -0.05) is 49.4 Å². The Morgan fingerprint density at radius 3 is 2.50 bits per heavy atom. The smallest absolute Gasteiger partial charge is 0.307 e. The third-order valence-corrected chi connectivity index (χ3v) is 4.12. The van der Waals surface area contributed by atoms with Gasteiger partial charge in [-0.15, -0.1) is 0 Å². The van der Waals surface area contributed by atoms with Gasteiger partial charge in [0.05, 0.1) is 6.42 Å². The molecule has 0 radical (unpaired) electrons. The number of hydrogen-bond acceptors (Lipinski definition) is 3. The lowest BCUT2D eigenvalue weighted by Gasteiger charge is -2.22. The van der Waals surface area contributed by atoms with Crippen LogP contribution in [0.15, 0.2) is 48.5 Å². The van der Waals surface area contributed by atoms with Gasteiger partial charge in [-0.2, -0.15) is 0 Å². The minimum Gasteiger partial charge on any atom is -0.481 e. The molecular formula is C20H26N2O2. The second-order valence-electron chi connectivity index (χ2n) is 6.07. The van der Waals surface area contributed by atoms with Crippen molar-refractivity contribution in [3.05, 3.63) is 65.2 Å². The number of carboxylic acid groups (broad SMARTS) is 1. The van der Waals surface area contributed by atoms with Crippen LogP contribution in [0.2, 0.25) is 0 Å². The van der Waals surface area contributed by atoms with Crippen LogP contribution < -0.4 is 5.73 Å². The van der Waals surface area contributed by atoms with E-state index in [0.29, 0.717) is 5.69 Å². The summed E-state index contributed by atoms with van der Waals surface area (Å²) in [5, 5.41) is 9.11. The van der Waals surface area contributed by atoms with E-state index >= 15 is 0 Å². The van der Waals surface area contributed by atoms with Crippen LogP contribution >= 0.6 is 0 Å². The number of carbonyl (C=O) groups is 1. The zero-order valence-corrected chi connectivity index (χ0v) is 14.2. The highest BCUT2D eigenvalue weighted by molar-refractivity contribution is 5.73. The lowest BCUT2D eigenvalue weighted by molar-refractivity contribution is -0.136. The Hall–Kier alpha value is -2.33. The number of aliphatic carboxylic acids is 1. The summed E-state index contributed by atoms with van der Waals surface area (Å²) < 4.78 is 0. The van der Waals surface area contributed by atoms with E-state index in [0.717, 1.165) is 43.6 Å². The first-order chi connectivity index (χ1) is 11.6. The second kappa shape index (κ2) is 9.08. The van der Waals surface area contributed by atoms with Gasteiger partial charge in [0.1, 0.15) is 0 Å². The van der Waals surface area contributed by atoms with Gasteiger partial charge < -0.3 is 10.8 Å². The Kier molecular flexibility index (Phi) is 6.82. The predicted molar refractivity (Wildman–Crippen MR) is 97.9 cm³/mol. The first-order valence-corrected chi connectivity index (χ1v) is 8.44. The molecule has 0 aromatic heterocycles. The van der Waals surface area contributed by atoms with E-state index in [9.17, 15) is 4.79 Å². The van der Waals surface area contributed by atoms with Crippen LogP contribution in [0.5, 0.6) is 0 Å². The van der Waals surface area contributed by atoms with E-state index in [1.54, 1.807) is 6.07 Å². The molecule has 24 heavy (non-hydrogen) atoms. The maximum Gasteiger partial charge on any atom is 0.307 e. The average Bonchev–Trinajstić information content (AvgIpc) is 2.56. The van der Waals surface area contributed by atoms with Gasteiger partial charge in [0.15, 0.2) is 0 Å². The Morgan fingerprint density at radius 1 is 1.08 bits per heavy atom. The average molecular weight is 326 g/mol. The summed E-state index contributed by atoms with van der Waals surface area (Å²) in [5.74, 6) is -0.844. The number of rotatable bonds is 9. The van der Waals surface area contributed by atoms with Gasteiger partial charge in [0.2, 0.25) is 0 Å². The molecule has 0 unspecified atom stereocenters. The highest BCUT2D eigenvalue weighted by Crippen LogP contribution is 2.19. The summed E-state index contributed by atoms with van der Waals surface area (Å²) in [6, 6.07) is 16.1. The van der Waals surface area contributed by atoms with E-state index in [2.05, 4.69) is 36.1 Å². The fourth-order valence-electron chi connectivity index (χ4n) is 2.96. The quantitative estimate of drug-likeness (QED) is 0.694. The van der Waals surface area contributed by atoms with Crippen molar-refractivity contribution in [2.24, 2.45) is 0 Å². The van der Waals surface area contributed by atoms with Gasteiger partial charge >= 0.3 is 5.97 Å². The molecule has 0 heterocycles. The van der Waals surface area contributed by atoms with Gasteiger partial charge in [0, 0.05) is 18.8 Å². The predicted octanol–water partition coefficient (Wildman–Crippen LogP) is 3.35. The molecule has 2 aromatic rings.